The molecule has 0 spiro atoms. The predicted molar refractivity (Wildman–Crippen MR) is 158 cm³/mol. The van der Waals surface area contributed by atoms with Crippen LogP contribution in [0.3, 0.4) is 0 Å². The van der Waals surface area contributed by atoms with Gasteiger partial charge in [0.05, 0.1) is 7.11 Å². The van der Waals surface area contributed by atoms with Crippen molar-refractivity contribution in [1.29, 1.82) is 0 Å². The van der Waals surface area contributed by atoms with Crippen molar-refractivity contribution in [3.05, 3.63) is 83.0 Å². The van der Waals surface area contributed by atoms with Gasteiger partial charge in [0.25, 0.3) is 5.91 Å². The van der Waals surface area contributed by atoms with Crippen LogP contribution in [0.4, 0.5) is 0 Å². The summed E-state index contributed by atoms with van der Waals surface area (Å²) in [5, 5.41) is 5.87. The lowest BCUT2D eigenvalue weighted by atomic mass is 10.1. The highest BCUT2D eigenvalue weighted by Gasteiger charge is 2.22. The van der Waals surface area contributed by atoms with E-state index >= 15 is 0 Å². The Bertz CT molecular complexity index is 1350. The molecule has 2 amide bonds. The maximum Gasteiger partial charge on any atom is 0.254 e. The van der Waals surface area contributed by atoms with E-state index in [0.29, 0.717) is 54.3 Å². The molecule has 9 heteroatoms. The standard InChI is InChI=1S/C19H19N5O3.C10H14O.C2H6/c25-12-22-15-4-3-13(18-23-17-16(27-18)2-1-5-21-17)10-14(11-15)19(26)24-8-6-20-7-9-24;1-4-9-6-5-8(2)10(7-9)11-3;1-2/h1-2,4-5,10-12,20H,3,6-9H2,(H,22,25);5-7H,4H2,1-3H3;1-2H3. The number of piperazine rings is 1. The fourth-order valence-electron chi connectivity index (χ4n) is 4.22. The number of hydrogen-bond acceptors (Lipinski definition) is 7. The number of oxazole rings is 1. The number of pyridine rings is 1. The summed E-state index contributed by atoms with van der Waals surface area (Å²) >= 11 is 0. The normalized spacial score (nSPS) is 14.7. The first kappa shape index (κ1) is 30.3. The second-order valence-corrected chi connectivity index (χ2v) is 8.94. The lowest BCUT2D eigenvalue weighted by Gasteiger charge is -2.27. The Morgan fingerprint density at radius 1 is 1.20 bits per heavy atom. The molecule has 40 heavy (non-hydrogen) atoms. The van der Waals surface area contributed by atoms with Crippen LogP contribution in [0.5, 0.6) is 5.75 Å². The molecule has 0 saturated carbocycles. The number of nitrogens with zero attached hydrogens (tertiary/aromatic N) is 3. The zero-order valence-electron chi connectivity index (χ0n) is 24.0. The molecule has 2 N–H and O–H groups in total. The van der Waals surface area contributed by atoms with E-state index in [4.69, 9.17) is 9.15 Å². The number of rotatable bonds is 6. The van der Waals surface area contributed by atoms with E-state index < -0.39 is 0 Å². The van der Waals surface area contributed by atoms with E-state index in [9.17, 15) is 9.59 Å². The van der Waals surface area contributed by atoms with Crippen molar-refractivity contribution in [1.82, 2.24) is 25.5 Å². The van der Waals surface area contributed by atoms with Gasteiger partial charge in [0, 0.05) is 49.2 Å². The van der Waals surface area contributed by atoms with Crippen LogP contribution in [-0.2, 0) is 16.0 Å². The fraction of sp³-hybridized carbons (Fsp3) is 0.355. The molecule has 1 aliphatic carbocycles. The summed E-state index contributed by atoms with van der Waals surface area (Å²) in [5.41, 5.74) is 5.45. The molecule has 1 aromatic carbocycles. The summed E-state index contributed by atoms with van der Waals surface area (Å²) in [6.07, 6.45) is 9.09. The number of hydrogen-bond donors (Lipinski definition) is 2. The van der Waals surface area contributed by atoms with Gasteiger partial charge in [-0.25, -0.2) is 4.98 Å². The van der Waals surface area contributed by atoms with Gasteiger partial charge in [0.2, 0.25) is 12.3 Å². The van der Waals surface area contributed by atoms with Gasteiger partial charge in [-0.1, -0.05) is 39.0 Å². The number of benzene rings is 1. The Hall–Kier alpha value is -4.24. The van der Waals surface area contributed by atoms with Gasteiger partial charge in [-0.15, -0.1) is 0 Å². The summed E-state index contributed by atoms with van der Waals surface area (Å²) in [7, 11) is 1.71. The quantitative estimate of drug-likeness (QED) is 0.436. The predicted octanol–water partition coefficient (Wildman–Crippen LogP) is 4.59. The third-order valence-corrected chi connectivity index (χ3v) is 6.38. The van der Waals surface area contributed by atoms with Crippen LogP contribution in [0.15, 0.2) is 70.4 Å². The fourth-order valence-corrected chi connectivity index (χ4v) is 4.22. The Kier molecular flexibility index (Phi) is 11.6. The molecule has 1 saturated heterocycles. The van der Waals surface area contributed by atoms with Crippen molar-refractivity contribution >= 4 is 29.1 Å². The van der Waals surface area contributed by atoms with Gasteiger partial charge >= 0.3 is 0 Å². The molecular formula is C31H39N5O4. The average Bonchev–Trinajstić information content (AvgIpc) is 3.33. The lowest BCUT2D eigenvalue weighted by molar-refractivity contribution is -0.127. The molecule has 1 aliphatic heterocycles. The number of nitrogens with one attached hydrogen (secondary N) is 2. The van der Waals surface area contributed by atoms with Crippen LogP contribution < -0.4 is 15.4 Å². The number of methoxy groups -OCH3 is 1. The number of aromatic nitrogens is 2. The third-order valence-electron chi connectivity index (χ3n) is 6.38. The molecular weight excluding hydrogens is 506 g/mol. The van der Waals surface area contributed by atoms with Crippen LogP contribution in [-0.4, -0.2) is 60.5 Å². The van der Waals surface area contributed by atoms with E-state index in [0.717, 1.165) is 30.8 Å². The van der Waals surface area contributed by atoms with E-state index in [1.54, 1.807) is 42.5 Å². The number of carbonyl (C=O) groups excluding carboxylic acids is 2. The minimum Gasteiger partial charge on any atom is -0.496 e. The van der Waals surface area contributed by atoms with E-state index in [-0.39, 0.29) is 5.91 Å². The largest absolute Gasteiger partial charge is 0.496 e. The highest BCUT2D eigenvalue weighted by Crippen LogP contribution is 2.27. The van der Waals surface area contributed by atoms with E-state index in [1.807, 2.05) is 19.9 Å². The molecule has 2 aliphatic rings. The molecule has 3 aromatic rings. The van der Waals surface area contributed by atoms with E-state index in [2.05, 4.69) is 52.6 Å². The number of aryl methyl sites for hydroxylation is 2. The van der Waals surface area contributed by atoms with E-state index in [1.165, 1.54) is 11.1 Å². The number of ether oxygens (including phenoxy) is 1. The van der Waals surface area contributed by atoms with Crippen molar-refractivity contribution in [2.75, 3.05) is 33.3 Å². The number of amides is 2. The molecule has 3 heterocycles. The lowest BCUT2D eigenvalue weighted by Crippen LogP contribution is -2.46. The van der Waals surface area contributed by atoms with Crippen LogP contribution in [0.25, 0.3) is 16.8 Å². The van der Waals surface area contributed by atoms with Crippen LogP contribution in [0, 0.1) is 6.92 Å². The summed E-state index contributed by atoms with van der Waals surface area (Å²) in [6, 6.07) is 9.91. The van der Waals surface area contributed by atoms with Gasteiger partial charge in [-0.3, -0.25) is 9.59 Å². The maximum atomic E-state index is 13.0. The highest BCUT2D eigenvalue weighted by atomic mass is 16.5. The Morgan fingerprint density at radius 2 is 1.98 bits per heavy atom. The van der Waals surface area contributed by atoms with Crippen molar-refractivity contribution in [3.63, 3.8) is 0 Å². The van der Waals surface area contributed by atoms with Gasteiger partial charge in [-0.2, -0.15) is 4.98 Å². The third kappa shape index (κ3) is 7.89. The SMILES string of the molecule is CC.CCc1ccc(C)c(OC)c1.O=CNC1=CCC(c2nc3ncccc3o2)=CC(C(=O)N2CCNCC2)=C1. The number of allylic oxidation sites excluding steroid dienone is 3. The molecule has 2 aromatic heterocycles. The Morgan fingerprint density at radius 3 is 2.65 bits per heavy atom. The molecule has 0 bridgehead atoms. The summed E-state index contributed by atoms with van der Waals surface area (Å²) in [5.74, 6) is 1.33. The summed E-state index contributed by atoms with van der Waals surface area (Å²) in [4.78, 5) is 34.3. The minimum atomic E-state index is -0.0799. The molecule has 5 rings (SSSR count). The molecule has 212 valence electrons. The Balaban J connectivity index is 0.000000285. The molecule has 0 unspecified atom stereocenters. The maximum absolute atomic E-state index is 13.0. The van der Waals surface area contributed by atoms with Gasteiger partial charge in [0.1, 0.15) is 5.75 Å². The average molecular weight is 546 g/mol. The zero-order valence-corrected chi connectivity index (χ0v) is 24.0. The Labute approximate surface area is 236 Å². The van der Waals surface area contributed by atoms with Crippen LogP contribution >= 0.6 is 0 Å². The first-order valence-electron chi connectivity index (χ1n) is 13.7. The molecule has 1 fully saturated rings. The topological polar surface area (TPSA) is 110 Å². The van der Waals surface area contributed by atoms with Crippen molar-refractivity contribution in [2.45, 2.75) is 40.5 Å². The van der Waals surface area contributed by atoms with Crippen molar-refractivity contribution in [3.8, 4) is 5.75 Å². The number of fused-ring (bicyclic) bond motifs is 1. The minimum absolute atomic E-state index is 0.0799. The first-order chi connectivity index (χ1) is 19.5. The molecule has 0 atom stereocenters. The second-order valence-electron chi connectivity index (χ2n) is 8.94. The summed E-state index contributed by atoms with van der Waals surface area (Å²) < 4.78 is 11.0. The van der Waals surface area contributed by atoms with Gasteiger partial charge in [0.15, 0.2) is 11.2 Å². The molecule has 0 radical (unpaired) electrons. The van der Waals surface area contributed by atoms with Crippen LogP contribution in [0.2, 0.25) is 0 Å². The number of carbonyl (C=O) groups is 2. The van der Waals surface area contributed by atoms with Crippen molar-refractivity contribution in [2.24, 2.45) is 0 Å². The second kappa shape index (κ2) is 15.4. The van der Waals surface area contributed by atoms with Gasteiger partial charge in [-0.05, 0) is 61.2 Å². The highest BCUT2D eigenvalue weighted by molar-refractivity contribution is 5.99. The molecule has 9 nitrogen and oxygen atoms in total. The van der Waals surface area contributed by atoms with Gasteiger partial charge < -0.3 is 24.7 Å². The zero-order chi connectivity index (χ0) is 28.9. The van der Waals surface area contributed by atoms with Crippen LogP contribution in [0.1, 0.15) is 44.2 Å². The summed E-state index contributed by atoms with van der Waals surface area (Å²) in [6.45, 7) is 11.0. The monoisotopic (exact) mass is 545 g/mol. The smallest absolute Gasteiger partial charge is 0.254 e. The van der Waals surface area contributed by atoms with Crippen molar-refractivity contribution < 1.29 is 18.7 Å². The first-order valence-corrected chi connectivity index (χ1v) is 13.7.